The lowest BCUT2D eigenvalue weighted by Gasteiger charge is -2.32. The van der Waals surface area contributed by atoms with Crippen molar-refractivity contribution in [2.75, 3.05) is 26.2 Å². The number of likely N-dealkylation sites (tertiary alicyclic amines) is 1. The van der Waals surface area contributed by atoms with Crippen molar-refractivity contribution < 1.29 is 23.1 Å². The van der Waals surface area contributed by atoms with Gasteiger partial charge >= 0.3 is 12.0 Å². The first-order valence-corrected chi connectivity index (χ1v) is 9.64. The molecular weight excluding hydrogens is 368 g/mol. The largest absolute Gasteiger partial charge is 0.463 e. The molecule has 152 valence electrons. The molecule has 1 aromatic rings. The van der Waals surface area contributed by atoms with Gasteiger partial charge in [-0.05, 0) is 50.6 Å². The minimum atomic E-state index is -1.04. The molecule has 0 bridgehead atoms. The summed E-state index contributed by atoms with van der Waals surface area (Å²) in [7, 11) is 0. The van der Waals surface area contributed by atoms with Crippen molar-refractivity contribution in [1.29, 1.82) is 0 Å². The molecule has 3 rings (SSSR count). The fourth-order valence-electron chi connectivity index (χ4n) is 3.65. The van der Waals surface area contributed by atoms with E-state index < -0.39 is 29.7 Å². The Hall–Kier alpha value is -2.48. The van der Waals surface area contributed by atoms with E-state index in [0.717, 1.165) is 50.9 Å². The second kappa shape index (κ2) is 9.14. The van der Waals surface area contributed by atoms with Crippen LogP contribution in [0.3, 0.4) is 0 Å². The van der Waals surface area contributed by atoms with Gasteiger partial charge in [0.1, 0.15) is 0 Å². The van der Waals surface area contributed by atoms with Crippen molar-refractivity contribution in [2.45, 2.75) is 38.6 Å². The third-order valence-electron chi connectivity index (χ3n) is 5.01. The molecule has 0 aliphatic carbocycles. The quantitative estimate of drug-likeness (QED) is 0.755. The zero-order valence-electron chi connectivity index (χ0n) is 15.9. The second-order valence-corrected chi connectivity index (χ2v) is 7.01. The number of benzene rings is 1. The van der Waals surface area contributed by atoms with Crippen molar-refractivity contribution >= 4 is 12.0 Å². The minimum absolute atomic E-state index is 0.164. The number of esters is 1. The monoisotopic (exact) mass is 393 g/mol. The van der Waals surface area contributed by atoms with Crippen LogP contribution in [0.15, 0.2) is 29.5 Å². The minimum Gasteiger partial charge on any atom is -0.463 e. The number of hydrogen-bond acceptors (Lipinski definition) is 4. The van der Waals surface area contributed by atoms with E-state index in [0.29, 0.717) is 12.2 Å². The van der Waals surface area contributed by atoms with Gasteiger partial charge in [-0.3, -0.25) is 4.90 Å². The van der Waals surface area contributed by atoms with Gasteiger partial charge in [0.05, 0.1) is 18.2 Å². The molecule has 1 saturated heterocycles. The van der Waals surface area contributed by atoms with Gasteiger partial charge in [0, 0.05) is 12.2 Å². The number of nitrogens with zero attached hydrogens (tertiary/aromatic N) is 1. The Morgan fingerprint density at radius 2 is 1.89 bits per heavy atom. The van der Waals surface area contributed by atoms with E-state index in [4.69, 9.17) is 4.74 Å². The van der Waals surface area contributed by atoms with Crippen LogP contribution in [0.1, 0.15) is 44.2 Å². The number of halogens is 2. The van der Waals surface area contributed by atoms with Gasteiger partial charge in [0.15, 0.2) is 11.6 Å². The summed E-state index contributed by atoms with van der Waals surface area (Å²) in [4.78, 5) is 27.1. The lowest BCUT2D eigenvalue weighted by atomic mass is 9.94. The smallest absolute Gasteiger partial charge is 0.338 e. The molecule has 0 radical (unpaired) electrons. The van der Waals surface area contributed by atoms with Crippen molar-refractivity contribution in [3.8, 4) is 0 Å². The highest BCUT2D eigenvalue weighted by Crippen LogP contribution is 2.29. The van der Waals surface area contributed by atoms with Crippen LogP contribution in [0.4, 0.5) is 13.6 Å². The SMILES string of the molecule is CCOC(=O)C1=C(CN2CCCCCC2)NC(=O)NC1c1ccc(F)c(F)c1. The van der Waals surface area contributed by atoms with Crippen LogP contribution in [0.5, 0.6) is 0 Å². The summed E-state index contributed by atoms with van der Waals surface area (Å²) in [5, 5.41) is 5.35. The number of ether oxygens (including phenoxy) is 1. The number of amides is 2. The standard InChI is InChI=1S/C20H25F2N3O3/c1-2-28-19(26)17-16(12-25-9-5-3-4-6-10-25)23-20(27)24-18(17)13-7-8-14(21)15(22)11-13/h7-8,11,18H,2-6,9-10,12H2,1H3,(H2,23,24,27). The average Bonchev–Trinajstić information content (AvgIpc) is 2.92. The van der Waals surface area contributed by atoms with Crippen LogP contribution in [0, 0.1) is 11.6 Å². The van der Waals surface area contributed by atoms with Gasteiger partial charge in [-0.2, -0.15) is 0 Å². The van der Waals surface area contributed by atoms with Crippen LogP contribution in [0.2, 0.25) is 0 Å². The second-order valence-electron chi connectivity index (χ2n) is 7.01. The van der Waals surface area contributed by atoms with Crippen LogP contribution >= 0.6 is 0 Å². The number of rotatable bonds is 5. The Morgan fingerprint density at radius 1 is 1.18 bits per heavy atom. The molecule has 0 aromatic heterocycles. The molecule has 8 heteroatoms. The first-order valence-electron chi connectivity index (χ1n) is 9.64. The third kappa shape index (κ3) is 4.67. The van der Waals surface area contributed by atoms with Crippen LogP contribution < -0.4 is 10.6 Å². The summed E-state index contributed by atoms with van der Waals surface area (Å²) in [5.74, 6) is -2.62. The normalized spacial score (nSPS) is 21.0. The molecule has 2 heterocycles. The molecule has 1 unspecified atom stereocenters. The summed E-state index contributed by atoms with van der Waals surface area (Å²) in [6, 6.07) is 1.93. The number of urea groups is 1. The lowest BCUT2D eigenvalue weighted by Crippen LogP contribution is -2.48. The van der Waals surface area contributed by atoms with E-state index in [2.05, 4.69) is 15.5 Å². The summed E-state index contributed by atoms with van der Waals surface area (Å²) >= 11 is 0. The molecule has 28 heavy (non-hydrogen) atoms. The lowest BCUT2D eigenvalue weighted by molar-refractivity contribution is -0.139. The van der Waals surface area contributed by atoms with Gasteiger partial charge in [0.2, 0.25) is 0 Å². The van der Waals surface area contributed by atoms with Gasteiger partial charge in [0.25, 0.3) is 0 Å². The first kappa shape index (κ1) is 20.3. The molecule has 1 atom stereocenters. The zero-order valence-corrected chi connectivity index (χ0v) is 15.9. The molecule has 2 aliphatic heterocycles. The van der Waals surface area contributed by atoms with Crippen LogP contribution in [-0.2, 0) is 9.53 Å². The third-order valence-corrected chi connectivity index (χ3v) is 5.01. The maximum absolute atomic E-state index is 13.8. The molecule has 6 nitrogen and oxygen atoms in total. The zero-order chi connectivity index (χ0) is 20.1. The van der Waals surface area contributed by atoms with Gasteiger partial charge in [-0.1, -0.05) is 18.9 Å². The highest BCUT2D eigenvalue weighted by Gasteiger charge is 2.34. The Labute approximate surface area is 162 Å². The molecule has 1 fully saturated rings. The fourth-order valence-corrected chi connectivity index (χ4v) is 3.65. The first-order chi connectivity index (χ1) is 13.5. The molecule has 0 saturated carbocycles. The van der Waals surface area contributed by atoms with Crippen molar-refractivity contribution in [3.05, 3.63) is 46.7 Å². The molecule has 2 N–H and O–H groups in total. The van der Waals surface area contributed by atoms with Gasteiger partial charge < -0.3 is 15.4 Å². The molecule has 2 aliphatic rings. The average molecular weight is 393 g/mol. The molecule has 1 aromatic carbocycles. The van der Waals surface area contributed by atoms with E-state index in [1.807, 2.05) is 0 Å². The van der Waals surface area contributed by atoms with Crippen molar-refractivity contribution in [1.82, 2.24) is 15.5 Å². The van der Waals surface area contributed by atoms with E-state index in [1.54, 1.807) is 6.92 Å². The molecule has 0 spiro atoms. The highest BCUT2D eigenvalue weighted by atomic mass is 19.2. The maximum Gasteiger partial charge on any atom is 0.338 e. The Kier molecular flexibility index (Phi) is 6.61. The topological polar surface area (TPSA) is 70.7 Å². The van der Waals surface area contributed by atoms with E-state index >= 15 is 0 Å². The highest BCUT2D eigenvalue weighted by molar-refractivity contribution is 5.95. The Morgan fingerprint density at radius 3 is 2.54 bits per heavy atom. The van der Waals surface area contributed by atoms with Crippen molar-refractivity contribution in [2.24, 2.45) is 0 Å². The summed E-state index contributed by atoms with van der Waals surface area (Å²) in [5.41, 5.74) is 0.945. The fraction of sp³-hybridized carbons (Fsp3) is 0.500. The predicted molar refractivity (Wildman–Crippen MR) is 99.3 cm³/mol. The van der Waals surface area contributed by atoms with Gasteiger partial charge in [-0.25, -0.2) is 18.4 Å². The Balaban J connectivity index is 1.99. The summed E-state index contributed by atoms with van der Waals surface area (Å²) in [6.07, 6.45) is 4.43. The van der Waals surface area contributed by atoms with Crippen LogP contribution in [0.25, 0.3) is 0 Å². The number of carbonyl (C=O) groups is 2. The van der Waals surface area contributed by atoms with Crippen molar-refractivity contribution in [3.63, 3.8) is 0 Å². The van der Waals surface area contributed by atoms with E-state index in [-0.39, 0.29) is 17.7 Å². The maximum atomic E-state index is 13.8. The van der Waals surface area contributed by atoms with Crippen LogP contribution in [-0.4, -0.2) is 43.1 Å². The molecular formula is C20H25F2N3O3. The predicted octanol–water partition coefficient (Wildman–Crippen LogP) is 3.01. The summed E-state index contributed by atoms with van der Waals surface area (Å²) in [6.45, 7) is 3.99. The number of nitrogens with one attached hydrogen (secondary N) is 2. The summed E-state index contributed by atoms with van der Waals surface area (Å²) < 4.78 is 32.3. The Bertz CT molecular complexity index is 774. The van der Waals surface area contributed by atoms with E-state index in [9.17, 15) is 18.4 Å². The number of carbonyl (C=O) groups excluding carboxylic acids is 2. The molecule has 2 amide bonds. The number of hydrogen-bond donors (Lipinski definition) is 2. The van der Waals surface area contributed by atoms with E-state index in [1.165, 1.54) is 6.07 Å². The van der Waals surface area contributed by atoms with Gasteiger partial charge in [-0.15, -0.1) is 0 Å².